The van der Waals surface area contributed by atoms with E-state index >= 15 is 0 Å². The van der Waals surface area contributed by atoms with Crippen LogP contribution in [0.3, 0.4) is 0 Å². The fourth-order valence-corrected chi connectivity index (χ4v) is 1.24. The van der Waals surface area contributed by atoms with E-state index in [1.807, 2.05) is 7.05 Å². The molecule has 0 spiro atoms. The molecule has 0 aromatic carbocycles. The maximum atomic E-state index is 11.8. The molecule has 86 valence electrons. The number of rotatable bonds is 2. The number of carbonyl (C=O) groups is 1. The van der Waals surface area contributed by atoms with Crippen molar-refractivity contribution in [2.45, 2.75) is 6.18 Å². The van der Waals surface area contributed by atoms with Gasteiger partial charge < -0.3 is 9.80 Å². The maximum absolute atomic E-state index is 11.8. The number of ketones is 1. The Morgan fingerprint density at radius 2 is 1.73 bits per heavy atom. The summed E-state index contributed by atoms with van der Waals surface area (Å²) in [4.78, 5) is 14.3. The van der Waals surface area contributed by atoms with Crippen LogP contribution in [0.25, 0.3) is 0 Å². The van der Waals surface area contributed by atoms with Gasteiger partial charge in [0.25, 0.3) is 5.78 Å². The molecule has 0 aromatic rings. The molecule has 0 saturated carbocycles. The highest BCUT2D eigenvalue weighted by molar-refractivity contribution is 5.94. The Morgan fingerprint density at radius 1 is 1.20 bits per heavy atom. The van der Waals surface area contributed by atoms with Crippen LogP contribution >= 0.6 is 0 Å². The zero-order valence-corrected chi connectivity index (χ0v) is 8.42. The Balaban J connectivity index is 2.42. The number of piperazine rings is 1. The predicted molar refractivity (Wildman–Crippen MR) is 49.3 cm³/mol. The van der Waals surface area contributed by atoms with Gasteiger partial charge in [0.05, 0.1) is 0 Å². The first kappa shape index (κ1) is 12.0. The zero-order chi connectivity index (χ0) is 11.5. The van der Waals surface area contributed by atoms with Crippen LogP contribution in [0.5, 0.6) is 0 Å². The largest absolute Gasteiger partial charge is 0.454 e. The first-order chi connectivity index (χ1) is 6.89. The van der Waals surface area contributed by atoms with Gasteiger partial charge in [0.15, 0.2) is 0 Å². The lowest BCUT2D eigenvalue weighted by Crippen LogP contribution is -2.41. The van der Waals surface area contributed by atoms with Gasteiger partial charge in [-0.25, -0.2) is 0 Å². The van der Waals surface area contributed by atoms with Crippen LogP contribution < -0.4 is 0 Å². The van der Waals surface area contributed by atoms with E-state index in [0.29, 0.717) is 19.2 Å². The third-order valence-electron chi connectivity index (χ3n) is 2.25. The molecule has 0 radical (unpaired) electrons. The summed E-state index contributed by atoms with van der Waals surface area (Å²) in [5, 5.41) is 0. The van der Waals surface area contributed by atoms with Crippen molar-refractivity contribution in [3.63, 3.8) is 0 Å². The number of carbonyl (C=O) groups excluding carboxylic acids is 1. The van der Waals surface area contributed by atoms with Crippen molar-refractivity contribution in [2.24, 2.45) is 0 Å². The fraction of sp³-hybridized carbons (Fsp3) is 0.667. The maximum Gasteiger partial charge on any atom is 0.454 e. The molecule has 0 bridgehead atoms. The van der Waals surface area contributed by atoms with Crippen LogP contribution in [-0.2, 0) is 4.79 Å². The van der Waals surface area contributed by atoms with Crippen molar-refractivity contribution in [3.8, 4) is 0 Å². The second-order valence-electron chi connectivity index (χ2n) is 3.52. The molecule has 1 aliphatic rings. The number of hydrogen-bond acceptors (Lipinski definition) is 3. The Kier molecular flexibility index (Phi) is 3.73. The number of allylic oxidation sites excluding steroid dienone is 1. The topological polar surface area (TPSA) is 23.6 Å². The van der Waals surface area contributed by atoms with Gasteiger partial charge in [0.1, 0.15) is 0 Å². The summed E-state index contributed by atoms with van der Waals surface area (Å²) in [7, 11) is 1.95. The molecule has 1 heterocycles. The van der Waals surface area contributed by atoms with Crippen molar-refractivity contribution in [1.82, 2.24) is 9.80 Å². The highest BCUT2D eigenvalue weighted by Crippen LogP contribution is 2.16. The van der Waals surface area contributed by atoms with Crippen molar-refractivity contribution >= 4 is 5.78 Å². The molecule has 1 aliphatic heterocycles. The van der Waals surface area contributed by atoms with Gasteiger partial charge in [-0.3, -0.25) is 4.79 Å². The van der Waals surface area contributed by atoms with Crippen molar-refractivity contribution in [3.05, 3.63) is 12.3 Å². The van der Waals surface area contributed by atoms with Crippen molar-refractivity contribution in [2.75, 3.05) is 33.2 Å². The molecule has 0 N–H and O–H groups in total. The molecule has 3 nitrogen and oxygen atoms in total. The first-order valence-corrected chi connectivity index (χ1v) is 4.61. The second-order valence-corrected chi connectivity index (χ2v) is 3.52. The van der Waals surface area contributed by atoms with E-state index in [1.54, 1.807) is 4.90 Å². The summed E-state index contributed by atoms with van der Waals surface area (Å²) in [5.41, 5.74) is 0. The molecular weight excluding hydrogens is 209 g/mol. The minimum absolute atomic E-state index is 0.589. The third-order valence-corrected chi connectivity index (χ3v) is 2.25. The molecule has 1 saturated heterocycles. The number of alkyl halides is 3. The van der Waals surface area contributed by atoms with E-state index in [2.05, 4.69) is 4.90 Å². The monoisotopic (exact) mass is 222 g/mol. The van der Waals surface area contributed by atoms with Gasteiger partial charge in [0.2, 0.25) is 0 Å². The highest BCUT2D eigenvalue weighted by atomic mass is 19.4. The summed E-state index contributed by atoms with van der Waals surface area (Å²) < 4.78 is 35.5. The number of halogens is 3. The lowest BCUT2D eigenvalue weighted by atomic mass is 10.3. The van der Waals surface area contributed by atoms with Crippen LogP contribution in [0.1, 0.15) is 0 Å². The molecule has 0 aromatic heterocycles. The van der Waals surface area contributed by atoms with Crippen LogP contribution in [0.4, 0.5) is 13.2 Å². The molecule has 0 atom stereocenters. The average Bonchev–Trinajstić information content (AvgIpc) is 2.15. The van der Waals surface area contributed by atoms with Crippen LogP contribution in [0.2, 0.25) is 0 Å². The van der Waals surface area contributed by atoms with Gasteiger partial charge in [-0.15, -0.1) is 0 Å². The van der Waals surface area contributed by atoms with E-state index < -0.39 is 12.0 Å². The molecule has 15 heavy (non-hydrogen) atoms. The third kappa shape index (κ3) is 3.91. The van der Waals surface area contributed by atoms with E-state index in [0.717, 1.165) is 13.1 Å². The Labute approximate surface area is 86.1 Å². The normalized spacial score (nSPS) is 19.9. The van der Waals surface area contributed by atoms with E-state index in [-0.39, 0.29) is 0 Å². The van der Waals surface area contributed by atoms with Crippen LogP contribution in [0.15, 0.2) is 12.3 Å². The number of nitrogens with zero attached hydrogens (tertiary/aromatic N) is 2. The van der Waals surface area contributed by atoms with Gasteiger partial charge in [-0.05, 0) is 7.05 Å². The minimum atomic E-state index is -4.76. The van der Waals surface area contributed by atoms with Crippen LogP contribution in [-0.4, -0.2) is 55.0 Å². The van der Waals surface area contributed by atoms with E-state index in [4.69, 9.17) is 0 Å². The molecule has 0 unspecified atom stereocenters. The minimum Gasteiger partial charge on any atom is -0.375 e. The molecule has 6 heteroatoms. The summed E-state index contributed by atoms with van der Waals surface area (Å²) in [6, 6.07) is 0. The predicted octanol–water partition coefficient (Wildman–Crippen LogP) is 0.879. The molecule has 1 rings (SSSR count). The number of likely N-dealkylation sites (N-methyl/N-ethyl adjacent to an activating group) is 1. The van der Waals surface area contributed by atoms with Crippen molar-refractivity contribution in [1.29, 1.82) is 0 Å². The molecule has 1 fully saturated rings. The second kappa shape index (κ2) is 4.65. The summed E-state index contributed by atoms with van der Waals surface area (Å²) in [6.45, 7) is 2.89. The smallest absolute Gasteiger partial charge is 0.375 e. The van der Waals surface area contributed by atoms with E-state index in [9.17, 15) is 18.0 Å². The Hall–Kier alpha value is -1.04. The molecule has 0 aliphatic carbocycles. The summed E-state index contributed by atoms with van der Waals surface area (Å²) in [6.07, 6.45) is -2.95. The standard InChI is InChI=1S/C9H13F3N2O/c1-13-4-6-14(7-5-13)3-2-8(15)9(10,11)12/h2-3H,4-7H2,1H3/b3-2+. The lowest BCUT2D eigenvalue weighted by molar-refractivity contribution is -0.165. The molecular formula is C9H13F3N2O. The van der Waals surface area contributed by atoms with Gasteiger partial charge in [0, 0.05) is 38.5 Å². The lowest BCUT2D eigenvalue weighted by Gasteiger charge is -2.31. The fourth-order valence-electron chi connectivity index (χ4n) is 1.24. The van der Waals surface area contributed by atoms with Gasteiger partial charge in [-0.2, -0.15) is 13.2 Å². The Morgan fingerprint density at radius 3 is 2.20 bits per heavy atom. The zero-order valence-electron chi connectivity index (χ0n) is 8.42. The first-order valence-electron chi connectivity index (χ1n) is 4.61. The number of hydrogen-bond donors (Lipinski definition) is 0. The Bertz CT molecular complexity index is 255. The van der Waals surface area contributed by atoms with Crippen molar-refractivity contribution < 1.29 is 18.0 Å². The van der Waals surface area contributed by atoms with E-state index in [1.165, 1.54) is 6.20 Å². The summed E-state index contributed by atoms with van der Waals surface area (Å²) in [5.74, 6) is -1.80. The quantitative estimate of drug-likeness (QED) is 0.648. The highest BCUT2D eigenvalue weighted by Gasteiger charge is 2.36. The molecule has 0 amide bonds. The van der Waals surface area contributed by atoms with Gasteiger partial charge >= 0.3 is 6.18 Å². The summed E-state index contributed by atoms with van der Waals surface area (Å²) >= 11 is 0. The van der Waals surface area contributed by atoms with Crippen LogP contribution in [0, 0.1) is 0 Å². The SMILES string of the molecule is CN1CCN(/C=C/C(=O)C(F)(F)F)CC1. The van der Waals surface area contributed by atoms with Gasteiger partial charge in [-0.1, -0.05) is 0 Å². The average molecular weight is 222 g/mol.